The molecule has 8 heteroatoms. The highest BCUT2D eigenvalue weighted by molar-refractivity contribution is 7.89. The fraction of sp³-hybridized carbons (Fsp3) is 0.588. The van der Waals surface area contributed by atoms with Gasteiger partial charge in [0.1, 0.15) is 0 Å². The fourth-order valence-corrected chi connectivity index (χ4v) is 4.41. The van der Waals surface area contributed by atoms with Crippen LogP contribution in [0.15, 0.2) is 23.1 Å². The number of hydrogen-bond donors (Lipinski definition) is 1. The van der Waals surface area contributed by atoms with Gasteiger partial charge in [-0.25, -0.2) is 13.1 Å². The molecule has 2 heterocycles. The molecule has 0 aliphatic carbocycles. The van der Waals surface area contributed by atoms with E-state index in [1.165, 1.54) is 6.92 Å². The van der Waals surface area contributed by atoms with Crippen LogP contribution in [0.3, 0.4) is 0 Å². The van der Waals surface area contributed by atoms with Gasteiger partial charge in [-0.2, -0.15) is 0 Å². The van der Waals surface area contributed by atoms with Crippen molar-refractivity contribution in [2.75, 3.05) is 50.8 Å². The Labute approximate surface area is 149 Å². The lowest BCUT2D eigenvalue weighted by Gasteiger charge is -2.26. The van der Waals surface area contributed by atoms with E-state index in [0.29, 0.717) is 19.5 Å². The molecule has 0 bridgehead atoms. The minimum Gasteiger partial charge on any atom is -0.379 e. The summed E-state index contributed by atoms with van der Waals surface area (Å²) >= 11 is 0. The lowest BCUT2D eigenvalue weighted by Crippen LogP contribution is -2.38. The molecule has 2 aliphatic heterocycles. The van der Waals surface area contributed by atoms with Gasteiger partial charge in [-0.15, -0.1) is 0 Å². The van der Waals surface area contributed by atoms with Crippen molar-refractivity contribution < 1.29 is 17.9 Å². The second-order valence-electron chi connectivity index (χ2n) is 6.42. The summed E-state index contributed by atoms with van der Waals surface area (Å²) in [4.78, 5) is 15.8. The Morgan fingerprint density at radius 2 is 2.00 bits per heavy atom. The molecule has 138 valence electrons. The van der Waals surface area contributed by atoms with Crippen molar-refractivity contribution in [2.24, 2.45) is 0 Å². The zero-order chi connectivity index (χ0) is 17.9. The number of fused-ring (bicyclic) bond motifs is 1. The summed E-state index contributed by atoms with van der Waals surface area (Å²) in [5.74, 6) is -0.0180. The molecule has 3 rings (SSSR count). The fourth-order valence-electron chi connectivity index (χ4n) is 3.29. The molecule has 1 saturated heterocycles. The van der Waals surface area contributed by atoms with Crippen molar-refractivity contribution in [3.05, 3.63) is 23.8 Å². The van der Waals surface area contributed by atoms with Gasteiger partial charge in [0.05, 0.1) is 18.1 Å². The molecule has 7 nitrogen and oxygen atoms in total. The molecule has 1 aromatic rings. The number of hydrogen-bond acceptors (Lipinski definition) is 5. The normalized spacial score (nSPS) is 18.4. The molecule has 0 unspecified atom stereocenters. The number of amides is 1. The van der Waals surface area contributed by atoms with Gasteiger partial charge in [-0.1, -0.05) is 0 Å². The van der Waals surface area contributed by atoms with Crippen LogP contribution in [-0.4, -0.2) is 65.2 Å². The van der Waals surface area contributed by atoms with Gasteiger partial charge in [-0.05, 0) is 43.1 Å². The highest BCUT2D eigenvalue weighted by Crippen LogP contribution is 2.30. The Kier molecular flexibility index (Phi) is 5.73. The molecule has 1 fully saturated rings. The number of carbonyl (C=O) groups is 1. The lowest BCUT2D eigenvalue weighted by molar-refractivity contribution is -0.116. The average molecular weight is 367 g/mol. The highest BCUT2D eigenvalue weighted by atomic mass is 32.2. The number of nitrogens with one attached hydrogen (secondary N) is 1. The quantitative estimate of drug-likeness (QED) is 0.745. The maximum atomic E-state index is 12.5. The maximum Gasteiger partial charge on any atom is 0.240 e. The van der Waals surface area contributed by atoms with Gasteiger partial charge in [-0.3, -0.25) is 9.69 Å². The summed E-state index contributed by atoms with van der Waals surface area (Å²) in [5.41, 5.74) is 1.73. The van der Waals surface area contributed by atoms with E-state index < -0.39 is 10.0 Å². The third kappa shape index (κ3) is 4.38. The van der Waals surface area contributed by atoms with E-state index in [1.807, 2.05) is 0 Å². The Bertz CT molecular complexity index is 729. The molecule has 1 aromatic carbocycles. The Morgan fingerprint density at radius 1 is 1.24 bits per heavy atom. The van der Waals surface area contributed by atoms with Crippen molar-refractivity contribution in [1.29, 1.82) is 0 Å². The summed E-state index contributed by atoms with van der Waals surface area (Å²) in [6.45, 7) is 6.72. The molecule has 1 amide bonds. The Balaban J connectivity index is 1.56. The van der Waals surface area contributed by atoms with Crippen LogP contribution in [-0.2, 0) is 26.0 Å². The zero-order valence-corrected chi connectivity index (χ0v) is 15.3. The first-order valence-corrected chi connectivity index (χ1v) is 10.2. The van der Waals surface area contributed by atoms with Gasteiger partial charge in [0.25, 0.3) is 0 Å². The molecule has 25 heavy (non-hydrogen) atoms. The van der Waals surface area contributed by atoms with Crippen LogP contribution in [0.5, 0.6) is 0 Å². The Hall–Kier alpha value is -1.48. The highest BCUT2D eigenvalue weighted by Gasteiger charge is 2.24. The first kappa shape index (κ1) is 18.3. The second-order valence-corrected chi connectivity index (χ2v) is 8.18. The van der Waals surface area contributed by atoms with E-state index in [-0.39, 0.29) is 10.8 Å². The smallest absolute Gasteiger partial charge is 0.240 e. The van der Waals surface area contributed by atoms with Gasteiger partial charge in [0, 0.05) is 38.8 Å². The van der Waals surface area contributed by atoms with Crippen LogP contribution < -0.4 is 9.62 Å². The topological polar surface area (TPSA) is 79.0 Å². The van der Waals surface area contributed by atoms with E-state index in [4.69, 9.17) is 4.74 Å². The first-order chi connectivity index (χ1) is 12.0. The minimum atomic E-state index is -3.52. The minimum absolute atomic E-state index is 0.0180. The van der Waals surface area contributed by atoms with Crippen molar-refractivity contribution in [3.8, 4) is 0 Å². The monoisotopic (exact) mass is 367 g/mol. The number of nitrogens with zero attached hydrogens (tertiary/aromatic N) is 2. The van der Waals surface area contributed by atoms with E-state index in [2.05, 4.69) is 9.62 Å². The molecule has 0 spiro atoms. The van der Waals surface area contributed by atoms with Crippen LogP contribution in [0.1, 0.15) is 18.9 Å². The standard InChI is InChI=1S/C17H25N3O4S/c1-14(21)20-8-5-15-13-16(3-4-17(15)20)25(22,23)18-6-2-7-19-9-11-24-12-10-19/h3-4,13,18H,2,5-12H2,1H3. The van der Waals surface area contributed by atoms with Crippen molar-refractivity contribution >= 4 is 21.6 Å². The molecular formula is C17H25N3O4S. The van der Waals surface area contributed by atoms with Gasteiger partial charge in [0.15, 0.2) is 0 Å². The number of sulfonamides is 1. The van der Waals surface area contributed by atoms with Crippen LogP contribution in [0.25, 0.3) is 0 Å². The van der Waals surface area contributed by atoms with Gasteiger partial charge >= 0.3 is 0 Å². The summed E-state index contributed by atoms with van der Waals surface area (Å²) in [6, 6.07) is 4.99. The summed E-state index contributed by atoms with van der Waals surface area (Å²) in [5, 5.41) is 0. The molecule has 0 radical (unpaired) electrons. The molecule has 0 aromatic heterocycles. The van der Waals surface area contributed by atoms with Gasteiger partial charge in [0.2, 0.25) is 15.9 Å². The van der Waals surface area contributed by atoms with E-state index in [9.17, 15) is 13.2 Å². The SMILES string of the molecule is CC(=O)N1CCc2cc(S(=O)(=O)NCCCN3CCOCC3)ccc21. The zero-order valence-electron chi connectivity index (χ0n) is 14.5. The molecular weight excluding hydrogens is 342 g/mol. The number of ether oxygens (including phenoxy) is 1. The molecule has 0 atom stereocenters. The molecule has 2 aliphatic rings. The number of benzene rings is 1. The summed E-state index contributed by atoms with van der Waals surface area (Å²) < 4.78 is 32.9. The number of carbonyl (C=O) groups excluding carboxylic acids is 1. The number of morpholine rings is 1. The van der Waals surface area contributed by atoms with Crippen LogP contribution in [0, 0.1) is 0 Å². The van der Waals surface area contributed by atoms with Crippen molar-refractivity contribution in [1.82, 2.24) is 9.62 Å². The van der Waals surface area contributed by atoms with E-state index >= 15 is 0 Å². The largest absolute Gasteiger partial charge is 0.379 e. The first-order valence-electron chi connectivity index (χ1n) is 8.68. The van der Waals surface area contributed by atoms with Gasteiger partial charge < -0.3 is 9.64 Å². The van der Waals surface area contributed by atoms with Crippen LogP contribution >= 0.6 is 0 Å². The van der Waals surface area contributed by atoms with Crippen molar-refractivity contribution in [3.63, 3.8) is 0 Å². The maximum absolute atomic E-state index is 12.5. The van der Waals surface area contributed by atoms with E-state index in [0.717, 1.165) is 50.5 Å². The Morgan fingerprint density at radius 3 is 2.72 bits per heavy atom. The van der Waals surface area contributed by atoms with Crippen molar-refractivity contribution in [2.45, 2.75) is 24.7 Å². The molecule has 0 saturated carbocycles. The average Bonchev–Trinajstić information content (AvgIpc) is 3.03. The van der Waals surface area contributed by atoms with E-state index in [1.54, 1.807) is 23.1 Å². The van der Waals surface area contributed by atoms with Crippen LogP contribution in [0.2, 0.25) is 0 Å². The second kappa shape index (κ2) is 7.82. The predicted octanol–water partition coefficient (Wildman–Crippen LogP) is 0.596. The summed E-state index contributed by atoms with van der Waals surface area (Å²) in [6.07, 6.45) is 1.46. The third-order valence-corrected chi connectivity index (χ3v) is 6.14. The number of rotatable bonds is 6. The third-order valence-electron chi connectivity index (χ3n) is 4.68. The summed E-state index contributed by atoms with van der Waals surface area (Å²) in [7, 11) is -3.52. The van der Waals surface area contributed by atoms with Crippen LogP contribution in [0.4, 0.5) is 5.69 Å². The predicted molar refractivity (Wildman–Crippen MR) is 95.2 cm³/mol. The number of anilines is 1. The lowest BCUT2D eigenvalue weighted by atomic mass is 10.2. The molecule has 1 N–H and O–H groups in total.